The van der Waals surface area contributed by atoms with Crippen LogP contribution in [0.5, 0.6) is 0 Å². The summed E-state index contributed by atoms with van der Waals surface area (Å²) in [6.07, 6.45) is -18.9. The minimum Gasteiger partial charge on any atom is -0.303 e. The number of hydrogen-bond donors (Lipinski definition) is 12. The first-order valence-electron chi connectivity index (χ1n) is 8.01. The van der Waals surface area contributed by atoms with Gasteiger partial charge in [0.25, 0.3) is 0 Å². The van der Waals surface area contributed by atoms with Crippen LogP contribution in [0.15, 0.2) is 0 Å². The Labute approximate surface area is 217 Å². The summed E-state index contributed by atoms with van der Waals surface area (Å²) in [6, 6.07) is 0. The van der Waals surface area contributed by atoms with Gasteiger partial charge in [-0.3, -0.25) is 27.1 Å². The van der Waals surface area contributed by atoms with E-state index in [-0.39, 0.29) is 20.1 Å². The van der Waals surface area contributed by atoms with E-state index < -0.39 is 83.6 Å². The van der Waals surface area contributed by atoms with E-state index in [2.05, 4.69) is 27.1 Å². The van der Waals surface area contributed by atoms with Crippen LogP contribution in [0, 0.1) is 0 Å². The van der Waals surface area contributed by atoms with Gasteiger partial charge in [0.05, 0.1) is 0 Å². The quantitative estimate of drug-likeness (QED) is 0.0875. The minimum absolute atomic E-state index is 0. The van der Waals surface area contributed by atoms with Crippen LogP contribution in [0.3, 0.4) is 0 Å². The van der Waals surface area contributed by atoms with E-state index in [1.807, 2.05) is 0 Å². The minimum atomic E-state index is -6.02. The Hall–Kier alpha value is 1.31. The molecule has 1 rings (SSSR count). The third-order valence-electron chi connectivity index (χ3n) is 3.50. The summed E-state index contributed by atoms with van der Waals surface area (Å²) < 4.78 is 93.1. The standard InChI is InChI=1S/C6H18O24P6.Tc/c7-31(8,9)25-1-2(26-32(10,11)12)4(28-34(16,17)18)6(30-36(22,23)24)5(29-35(19,20)21)3(1)27-33(13,14)15;/h1-6H,(H2,7,8,9)(H2,10,11,12)(H2,13,14,15)(H2,16,17,18)(H2,19,20,21)(H2,22,23,24);/i;1+1. The summed E-state index contributed by atoms with van der Waals surface area (Å²) >= 11 is 0. The third kappa shape index (κ3) is 15.2. The van der Waals surface area contributed by atoms with Gasteiger partial charge < -0.3 is 58.7 Å². The zero-order valence-electron chi connectivity index (χ0n) is 16.8. The fraction of sp³-hybridized carbons (Fsp3) is 1.00. The maximum absolute atomic E-state index is 11.4. The molecule has 31 heteroatoms. The normalized spacial score (nSPS) is 28.5. The Morgan fingerprint density at radius 3 is 0.432 bits per heavy atom. The second kappa shape index (κ2) is 13.1. The van der Waals surface area contributed by atoms with Gasteiger partial charge in [-0.05, 0) is 0 Å². The van der Waals surface area contributed by atoms with Crippen molar-refractivity contribution in [1.29, 1.82) is 0 Å². The van der Waals surface area contributed by atoms with Gasteiger partial charge in [0.1, 0.15) is 36.6 Å². The largest absolute Gasteiger partial charge is 0.470 e. The van der Waals surface area contributed by atoms with Gasteiger partial charge in [0.15, 0.2) is 0 Å². The Morgan fingerprint density at radius 1 is 0.297 bits per heavy atom. The molecule has 0 amide bonds. The molecular weight excluding hydrogens is 741 g/mol. The summed E-state index contributed by atoms with van der Waals surface area (Å²) in [7, 11) is -36.1. The number of hydrogen-bond acceptors (Lipinski definition) is 12. The summed E-state index contributed by atoms with van der Waals surface area (Å²) in [5, 5.41) is 0. The van der Waals surface area contributed by atoms with Gasteiger partial charge in [-0.1, -0.05) is 0 Å². The van der Waals surface area contributed by atoms with E-state index in [0.717, 1.165) is 0 Å². The fourth-order valence-electron chi connectivity index (χ4n) is 2.79. The molecule has 0 aliphatic heterocycles. The molecule has 0 aromatic rings. The van der Waals surface area contributed by atoms with Crippen molar-refractivity contribution in [3.8, 4) is 0 Å². The van der Waals surface area contributed by atoms with Crippen LogP contribution in [0.2, 0.25) is 0 Å². The van der Waals surface area contributed by atoms with Crippen LogP contribution in [-0.4, -0.2) is 95.3 Å². The van der Waals surface area contributed by atoms with Crippen LogP contribution in [0.4, 0.5) is 0 Å². The number of phosphoric acid groups is 6. The molecule has 1 aliphatic carbocycles. The SMILES string of the molecule is O=P(O)(O)OC1C(OP(=O)(O)O)C(OP(=O)(O)O)C(OP(=O)(O)O)C(OP(=O)(O)O)C1OP(=O)(O)O.[99Tc]. The Bertz CT molecular complexity index is 824. The monoisotopic (exact) mass is 759 g/mol. The van der Waals surface area contributed by atoms with E-state index in [1.54, 1.807) is 0 Å². The van der Waals surface area contributed by atoms with Crippen LogP contribution < -0.4 is 0 Å². The predicted octanol–water partition coefficient (Wildman–Crippen LogP) is -3.14. The molecule has 0 saturated heterocycles. The predicted molar refractivity (Wildman–Crippen MR) is 102 cm³/mol. The molecule has 0 unspecified atom stereocenters. The van der Waals surface area contributed by atoms with Gasteiger partial charge in [-0.2, -0.15) is 0 Å². The molecule has 1 saturated carbocycles. The van der Waals surface area contributed by atoms with Gasteiger partial charge >= 0.3 is 46.9 Å². The molecule has 223 valence electrons. The second-order valence-electron chi connectivity index (χ2n) is 6.36. The van der Waals surface area contributed by atoms with Crippen molar-refractivity contribution in [3.05, 3.63) is 0 Å². The molecule has 0 bridgehead atoms. The molecule has 0 aromatic carbocycles. The smallest absolute Gasteiger partial charge is 0.303 e. The van der Waals surface area contributed by atoms with Crippen LogP contribution >= 0.6 is 46.9 Å². The van der Waals surface area contributed by atoms with Crippen molar-refractivity contribution in [2.45, 2.75) is 36.6 Å². The van der Waals surface area contributed by atoms with Crippen molar-refractivity contribution < 1.29 is 133 Å². The Balaban J connectivity index is 0.0000130. The van der Waals surface area contributed by atoms with Crippen molar-refractivity contribution in [1.82, 2.24) is 0 Å². The zero-order valence-corrected chi connectivity index (χ0v) is 24.0. The summed E-state index contributed by atoms with van der Waals surface area (Å²) in [4.78, 5) is 110. The molecule has 1 aliphatic rings. The first kappa shape index (κ1) is 38.3. The van der Waals surface area contributed by atoms with Gasteiger partial charge in [0, 0.05) is 20.1 Å². The van der Waals surface area contributed by atoms with E-state index in [9.17, 15) is 27.4 Å². The molecule has 12 N–H and O–H groups in total. The number of rotatable bonds is 12. The molecule has 0 spiro atoms. The molecule has 0 atom stereocenters. The molecule has 24 nitrogen and oxygen atoms in total. The average molecular weight is 759 g/mol. The summed E-state index contributed by atoms with van der Waals surface area (Å²) in [5.41, 5.74) is 0. The van der Waals surface area contributed by atoms with Gasteiger partial charge in [-0.25, -0.2) is 27.4 Å². The first-order valence-corrected chi connectivity index (χ1v) is 17.2. The topological polar surface area (TPSA) is 401 Å². The number of phosphoric ester groups is 6. The summed E-state index contributed by atoms with van der Waals surface area (Å²) in [6.45, 7) is 0. The van der Waals surface area contributed by atoms with Crippen molar-refractivity contribution in [2.24, 2.45) is 0 Å². The molecule has 0 aromatic heterocycles. The van der Waals surface area contributed by atoms with Crippen molar-refractivity contribution in [3.63, 3.8) is 0 Å². The van der Waals surface area contributed by atoms with E-state index in [1.165, 1.54) is 0 Å². The van der Waals surface area contributed by atoms with Crippen LogP contribution in [0.1, 0.15) is 0 Å². The van der Waals surface area contributed by atoms with E-state index >= 15 is 0 Å². The van der Waals surface area contributed by atoms with Gasteiger partial charge in [0.2, 0.25) is 0 Å². The van der Waals surface area contributed by atoms with Crippen molar-refractivity contribution >= 4 is 46.9 Å². The Kier molecular flexibility index (Phi) is 13.5. The second-order valence-corrected chi connectivity index (χ2v) is 13.5. The van der Waals surface area contributed by atoms with Crippen LogP contribution in [0.25, 0.3) is 0 Å². The maximum Gasteiger partial charge on any atom is 0.470 e. The van der Waals surface area contributed by atoms with E-state index in [0.29, 0.717) is 0 Å². The fourth-order valence-corrected chi connectivity index (χ4v) is 6.14. The third-order valence-corrected chi connectivity index (χ3v) is 6.61. The molecule has 1 radical (unpaired) electrons. The van der Waals surface area contributed by atoms with E-state index in [4.69, 9.17) is 58.7 Å². The van der Waals surface area contributed by atoms with Gasteiger partial charge in [-0.15, -0.1) is 0 Å². The molecular formula is C6H18O24P6Tc. The molecule has 1 fully saturated rings. The zero-order chi connectivity index (χ0) is 28.7. The Morgan fingerprint density at radius 2 is 0.378 bits per heavy atom. The summed E-state index contributed by atoms with van der Waals surface area (Å²) in [5.74, 6) is 0. The van der Waals surface area contributed by atoms with Crippen molar-refractivity contribution in [2.75, 3.05) is 0 Å². The molecule has 37 heavy (non-hydrogen) atoms. The molecule has 0 heterocycles. The first-order chi connectivity index (χ1) is 15.6. The van der Waals surface area contributed by atoms with Crippen LogP contribution in [-0.2, 0) is 74.6 Å². The average Bonchev–Trinajstić information content (AvgIpc) is 2.51. The maximum atomic E-state index is 11.4.